The highest BCUT2D eigenvalue weighted by molar-refractivity contribution is 6.39. The van der Waals surface area contributed by atoms with Crippen LogP contribution in [0.4, 0.5) is 5.69 Å². The van der Waals surface area contributed by atoms with E-state index in [4.69, 9.17) is 0 Å². The molecule has 148 valence electrons. The Bertz CT molecular complexity index is 883. The van der Waals surface area contributed by atoms with E-state index in [2.05, 4.69) is 17.6 Å². The zero-order chi connectivity index (χ0) is 20.5. The molecule has 3 aromatic rings. The first-order valence-electron chi connectivity index (χ1n) is 9.98. The highest BCUT2D eigenvalue weighted by Crippen LogP contribution is 2.21. The number of rotatable bonds is 7. The van der Waals surface area contributed by atoms with Gasteiger partial charge in [0.25, 0.3) is 0 Å². The van der Waals surface area contributed by atoms with Crippen molar-refractivity contribution in [3.8, 4) is 0 Å². The number of amides is 2. The molecule has 3 aromatic carbocycles. The van der Waals surface area contributed by atoms with E-state index in [1.165, 1.54) is 5.56 Å². The molecule has 0 fully saturated rings. The van der Waals surface area contributed by atoms with Crippen LogP contribution in [-0.4, -0.2) is 11.8 Å². The highest BCUT2D eigenvalue weighted by Gasteiger charge is 2.21. The van der Waals surface area contributed by atoms with Gasteiger partial charge in [-0.2, -0.15) is 0 Å². The van der Waals surface area contributed by atoms with Crippen LogP contribution in [0, 0.1) is 0 Å². The van der Waals surface area contributed by atoms with Gasteiger partial charge in [-0.3, -0.25) is 9.59 Å². The molecule has 0 saturated heterocycles. The molecule has 4 heteroatoms. The monoisotopic (exact) mass is 386 g/mol. The number of nitrogens with one attached hydrogen (secondary N) is 2. The third-order valence-corrected chi connectivity index (χ3v) is 4.78. The normalized spacial score (nSPS) is 10.6. The van der Waals surface area contributed by atoms with Crippen molar-refractivity contribution in [3.05, 3.63) is 102 Å². The van der Waals surface area contributed by atoms with E-state index in [1.807, 2.05) is 84.9 Å². The molecular weight excluding hydrogens is 360 g/mol. The second-order valence-electron chi connectivity index (χ2n) is 6.98. The largest absolute Gasteiger partial charge is 0.337 e. The Morgan fingerprint density at radius 3 is 1.83 bits per heavy atom. The molecule has 0 bridgehead atoms. The number of unbranched alkanes of at least 4 members (excludes halogenated alkanes) is 1. The topological polar surface area (TPSA) is 58.2 Å². The summed E-state index contributed by atoms with van der Waals surface area (Å²) in [5.74, 6) is -1.35. The first kappa shape index (κ1) is 20.3. The van der Waals surface area contributed by atoms with Gasteiger partial charge in [0, 0.05) is 5.69 Å². The Morgan fingerprint density at radius 1 is 0.759 bits per heavy atom. The number of aryl methyl sites for hydroxylation is 1. The minimum Gasteiger partial charge on any atom is -0.337 e. The van der Waals surface area contributed by atoms with Crippen molar-refractivity contribution in [2.24, 2.45) is 0 Å². The summed E-state index contributed by atoms with van der Waals surface area (Å²) >= 11 is 0. The molecule has 3 rings (SSSR count). The minimum absolute atomic E-state index is 0.396. The van der Waals surface area contributed by atoms with Gasteiger partial charge < -0.3 is 10.6 Å². The first-order valence-corrected chi connectivity index (χ1v) is 9.98. The first-order chi connectivity index (χ1) is 14.2. The second kappa shape index (κ2) is 10.2. The van der Waals surface area contributed by atoms with Crippen molar-refractivity contribution in [3.63, 3.8) is 0 Å². The summed E-state index contributed by atoms with van der Waals surface area (Å²) in [6.07, 6.45) is 3.29. The highest BCUT2D eigenvalue weighted by atomic mass is 16.2. The van der Waals surface area contributed by atoms with Crippen LogP contribution in [-0.2, 0) is 16.0 Å². The van der Waals surface area contributed by atoms with Crippen LogP contribution >= 0.6 is 0 Å². The molecule has 29 heavy (non-hydrogen) atoms. The van der Waals surface area contributed by atoms with Gasteiger partial charge in [-0.25, -0.2) is 0 Å². The van der Waals surface area contributed by atoms with Crippen molar-refractivity contribution in [2.45, 2.75) is 32.2 Å². The molecule has 0 aliphatic rings. The Kier molecular flexibility index (Phi) is 7.17. The zero-order valence-corrected chi connectivity index (χ0v) is 16.6. The van der Waals surface area contributed by atoms with E-state index in [1.54, 1.807) is 0 Å². The molecule has 0 atom stereocenters. The van der Waals surface area contributed by atoms with Crippen molar-refractivity contribution in [2.75, 3.05) is 5.32 Å². The summed E-state index contributed by atoms with van der Waals surface area (Å²) in [6, 6.07) is 26.5. The lowest BCUT2D eigenvalue weighted by Crippen LogP contribution is -2.38. The number of carbonyl (C=O) groups is 2. The van der Waals surface area contributed by atoms with Gasteiger partial charge in [0.1, 0.15) is 0 Å². The third-order valence-electron chi connectivity index (χ3n) is 4.78. The van der Waals surface area contributed by atoms with Crippen LogP contribution in [0.25, 0.3) is 0 Å². The van der Waals surface area contributed by atoms with Crippen molar-refractivity contribution in [1.29, 1.82) is 0 Å². The van der Waals surface area contributed by atoms with Gasteiger partial charge in [-0.1, -0.05) is 86.1 Å². The number of benzene rings is 3. The summed E-state index contributed by atoms with van der Waals surface area (Å²) in [5.41, 5.74) is 3.67. The Morgan fingerprint density at radius 2 is 1.31 bits per heavy atom. The quantitative estimate of drug-likeness (QED) is 0.569. The molecule has 0 aliphatic heterocycles. The molecule has 2 amide bonds. The van der Waals surface area contributed by atoms with Crippen LogP contribution in [0.2, 0.25) is 0 Å². The molecular formula is C25H26N2O2. The zero-order valence-electron chi connectivity index (χ0n) is 16.6. The van der Waals surface area contributed by atoms with E-state index in [0.29, 0.717) is 5.69 Å². The molecule has 2 N–H and O–H groups in total. The SMILES string of the molecule is CCCCc1ccc(NC(=O)C(=O)NC(c2ccccc2)c2ccccc2)cc1. The molecule has 0 saturated carbocycles. The van der Waals surface area contributed by atoms with Crippen LogP contribution in [0.3, 0.4) is 0 Å². The van der Waals surface area contributed by atoms with Crippen molar-refractivity contribution >= 4 is 17.5 Å². The van der Waals surface area contributed by atoms with E-state index >= 15 is 0 Å². The predicted octanol–water partition coefficient (Wildman–Crippen LogP) is 4.87. The maximum atomic E-state index is 12.6. The molecule has 0 spiro atoms. The van der Waals surface area contributed by atoms with Crippen LogP contribution in [0.1, 0.15) is 42.5 Å². The number of hydrogen-bond donors (Lipinski definition) is 2. The lowest BCUT2D eigenvalue weighted by molar-refractivity contribution is -0.136. The van der Waals surface area contributed by atoms with Crippen LogP contribution in [0.15, 0.2) is 84.9 Å². The van der Waals surface area contributed by atoms with Gasteiger partial charge in [0.15, 0.2) is 0 Å². The summed E-state index contributed by atoms with van der Waals surface area (Å²) < 4.78 is 0. The van der Waals surface area contributed by atoms with Crippen molar-refractivity contribution < 1.29 is 9.59 Å². The molecule has 0 aromatic heterocycles. The van der Waals surface area contributed by atoms with Crippen molar-refractivity contribution in [1.82, 2.24) is 5.32 Å². The van der Waals surface area contributed by atoms with E-state index < -0.39 is 17.9 Å². The Balaban J connectivity index is 1.68. The summed E-state index contributed by atoms with van der Waals surface area (Å²) in [7, 11) is 0. The average Bonchev–Trinajstić information content (AvgIpc) is 2.78. The molecule has 0 radical (unpaired) electrons. The van der Waals surface area contributed by atoms with E-state index in [9.17, 15) is 9.59 Å². The molecule has 0 aliphatic carbocycles. The third kappa shape index (κ3) is 5.79. The van der Waals surface area contributed by atoms with Gasteiger partial charge in [0.2, 0.25) is 0 Å². The van der Waals surface area contributed by atoms with Gasteiger partial charge >= 0.3 is 11.8 Å². The fourth-order valence-corrected chi connectivity index (χ4v) is 3.17. The maximum absolute atomic E-state index is 12.6. The molecule has 0 heterocycles. The second-order valence-corrected chi connectivity index (χ2v) is 6.98. The molecule has 0 unspecified atom stereocenters. The Labute approximate surface area is 172 Å². The fourth-order valence-electron chi connectivity index (χ4n) is 3.17. The molecule has 4 nitrogen and oxygen atoms in total. The minimum atomic E-state index is -0.678. The summed E-state index contributed by atoms with van der Waals surface area (Å²) in [4.78, 5) is 25.0. The van der Waals surface area contributed by atoms with Crippen LogP contribution < -0.4 is 10.6 Å². The number of anilines is 1. The van der Waals surface area contributed by atoms with E-state index in [0.717, 1.165) is 30.4 Å². The predicted molar refractivity (Wildman–Crippen MR) is 117 cm³/mol. The smallest absolute Gasteiger partial charge is 0.313 e. The summed E-state index contributed by atoms with van der Waals surface area (Å²) in [6.45, 7) is 2.16. The van der Waals surface area contributed by atoms with Crippen LogP contribution in [0.5, 0.6) is 0 Å². The number of hydrogen-bond acceptors (Lipinski definition) is 2. The summed E-state index contributed by atoms with van der Waals surface area (Å²) in [5, 5.41) is 5.54. The van der Waals surface area contributed by atoms with Gasteiger partial charge in [-0.15, -0.1) is 0 Å². The van der Waals surface area contributed by atoms with Gasteiger partial charge in [-0.05, 0) is 41.7 Å². The maximum Gasteiger partial charge on any atom is 0.313 e. The Hall–Kier alpha value is -3.40. The number of carbonyl (C=O) groups excluding carboxylic acids is 2. The lowest BCUT2D eigenvalue weighted by Gasteiger charge is -2.19. The van der Waals surface area contributed by atoms with Gasteiger partial charge in [0.05, 0.1) is 6.04 Å². The van der Waals surface area contributed by atoms with E-state index in [-0.39, 0.29) is 0 Å². The average molecular weight is 386 g/mol. The fraction of sp³-hybridized carbons (Fsp3) is 0.200. The standard InChI is InChI=1S/C25H26N2O2/c1-2-3-10-19-15-17-22(18-16-19)26-24(28)25(29)27-23(20-11-6-4-7-12-20)21-13-8-5-9-14-21/h4-9,11-18,23H,2-3,10H2,1H3,(H,26,28)(H,27,29). The lowest BCUT2D eigenvalue weighted by atomic mass is 9.98.